The van der Waals surface area contributed by atoms with Crippen LogP contribution in [0.4, 0.5) is 5.00 Å². The maximum Gasteiger partial charge on any atom is 0.257 e. The summed E-state index contributed by atoms with van der Waals surface area (Å²) in [7, 11) is 0. The molecule has 0 saturated heterocycles. The molecule has 29 heavy (non-hydrogen) atoms. The summed E-state index contributed by atoms with van der Waals surface area (Å²) in [5, 5.41) is 6.38. The van der Waals surface area contributed by atoms with E-state index >= 15 is 0 Å². The average molecular weight is 432 g/mol. The molecule has 6 nitrogen and oxygen atoms in total. The first-order valence-corrected chi connectivity index (χ1v) is 10.8. The Kier molecular flexibility index (Phi) is 6.54. The number of anilines is 1. The average Bonchev–Trinajstić information content (AvgIpc) is 2.98. The Morgan fingerprint density at radius 1 is 1.34 bits per heavy atom. The fourth-order valence-corrected chi connectivity index (χ4v) is 5.07. The number of thiocarbonyl (C=S) groups is 1. The molecule has 4 N–H and O–H groups in total. The Morgan fingerprint density at radius 2 is 2.10 bits per heavy atom. The number of nitrogens with two attached hydrogens (primary N) is 1. The fraction of sp³-hybridized carbons (Fsp3) is 0.381. The minimum absolute atomic E-state index is 0.0101. The second kappa shape index (κ2) is 8.92. The van der Waals surface area contributed by atoms with Gasteiger partial charge in [0, 0.05) is 10.4 Å². The van der Waals surface area contributed by atoms with Crippen LogP contribution in [0.1, 0.15) is 58.3 Å². The Balaban J connectivity index is 1.73. The van der Waals surface area contributed by atoms with E-state index in [1.165, 1.54) is 11.3 Å². The van der Waals surface area contributed by atoms with Crippen LogP contribution in [0.15, 0.2) is 24.3 Å². The molecule has 2 amide bonds. The van der Waals surface area contributed by atoms with Gasteiger partial charge in [-0.3, -0.25) is 14.9 Å². The zero-order valence-electron chi connectivity index (χ0n) is 16.7. The Morgan fingerprint density at radius 3 is 2.79 bits per heavy atom. The third-order valence-electron chi connectivity index (χ3n) is 4.68. The largest absolute Gasteiger partial charge is 0.491 e. The smallest absolute Gasteiger partial charge is 0.257 e. The molecular formula is C21H25N3O3S2. The minimum Gasteiger partial charge on any atom is -0.491 e. The molecule has 0 spiro atoms. The van der Waals surface area contributed by atoms with Crippen molar-refractivity contribution in [2.45, 2.75) is 46.1 Å². The first-order valence-electron chi connectivity index (χ1n) is 9.58. The maximum atomic E-state index is 12.6. The number of hydrogen-bond acceptors (Lipinski definition) is 5. The molecule has 0 bridgehead atoms. The number of ether oxygens (including phenoxy) is 1. The number of carbonyl (C=O) groups excluding carboxylic acids is 2. The molecule has 1 unspecified atom stereocenters. The lowest BCUT2D eigenvalue weighted by atomic mass is 9.88. The number of amides is 2. The summed E-state index contributed by atoms with van der Waals surface area (Å²) in [5.74, 6) is 0.351. The second-order valence-corrected chi connectivity index (χ2v) is 9.04. The van der Waals surface area contributed by atoms with Gasteiger partial charge in [-0.15, -0.1) is 11.3 Å². The Labute approximate surface area is 179 Å². The van der Waals surface area contributed by atoms with Gasteiger partial charge in [0.2, 0.25) is 0 Å². The highest BCUT2D eigenvalue weighted by molar-refractivity contribution is 7.80. The quantitative estimate of drug-likeness (QED) is 0.625. The minimum atomic E-state index is -0.479. The molecule has 0 saturated carbocycles. The van der Waals surface area contributed by atoms with E-state index in [1.54, 1.807) is 24.3 Å². The first-order chi connectivity index (χ1) is 13.7. The van der Waals surface area contributed by atoms with Gasteiger partial charge in [-0.2, -0.15) is 0 Å². The zero-order valence-corrected chi connectivity index (χ0v) is 18.3. The van der Waals surface area contributed by atoms with Gasteiger partial charge in [0.1, 0.15) is 10.8 Å². The summed E-state index contributed by atoms with van der Waals surface area (Å²) < 4.78 is 5.62. The van der Waals surface area contributed by atoms with Crippen LogP contribution in [0.3, 0.4) is 0 Å². The van der Waals surface area contributed by atoms with Crippen molar-refractivity contribution in [2.24, 2.45) is 11.7 Å². The summed E-state index contributed by atoms with van der Waals surface area (Å²) in [6.07, 6.45) is 2.79. The van der Waals surface area contributed by atoms with Crippen molar-refractivity contribution < 1.29 is 14.3 Å². The Hall–Kier alpha value is -2.45. The van der Waals surface area contributed by atoms with Gasteiger partial charge < -0.3 is 15.8 Å². The third kappa shape index (κ3) is 5.13. The van der Waals surface area contributed by atoms with Gasteiger partial charge in [0.15, 0.2) is 5.11 Å². The lowest BCUT2D eigenvalue weighted by molar-refractivity contribution is 0.0975. The molecule has 0 aliphatic heterocycles. The normalized spacial score (nSPS) is 15.5. The van der Waals surface area contributed by atoms with E-state index in [0.717, 1.165) is 29.7 Å². The predicted octanol–water partition coefficient (Wildman–Crippen LogP) is 3.89. The van der Waals surface area contributed by atoms with Crippen LogP contribution in [0.5, 0.6) is 5.75 Å². The molecule has 1 aliphatic rings. The number of carbonyl (C=O) groups is 2. The van der Waals surface area contributed by atoms with Crippen molar-refractivity contribution in [3.05, 3.63) is 45.8 Å². The molecule has 1 aromatic carbocycles. The van der Waals surface area contributed by atoms with Gasteiger partial charge in [0.05, 0.1) is 11.7 Å². The highest BCUT2D eigenvalue weighted by Crippen LogP contribution is 2.39. The monoisotopic (exact) mass is 431 g/mol. The lowest BCUT2D eigenvalue weighted by Gasteiger charge is -2.18. The number of nitrogens with one attached hydrogen (secondary N) is 2. The molecule has 154 valence electrons. The first kappa shape index (κ1) is 21.3. The summed E-state index contributed by atoms with van der Waals surface area (Å²) in [6, 6.07) is 6.90. The van der Waals surface area contributed by atoms with Crippen molar-refractivity contribution in [3.8, 4) is 5.75 Å². The van der Waals surface area contributed by atoms with Gasteiger partial charge in [-0.05, 0) is 75.0 Å². The molecule has 0 fully saturated rings. The van der Waals surface area contributed by atoms with Crippen LogP contribution in [-0.2, 0) is 12.8 Å². The van der Waals surface area contributed by atoms with Crippen LogP contribution in [0.2, 0.25) is 0 Å². The molecule has 8 heteroatoms. The number of thiophene rings is 1. The van der Waals surface area contributed by atoms with E-state index in [0.29, 0.717) is 27.8 Å². The summed E-state index contributed by atoms with van der Waals surface area (Å²) in [6.45, 7) is 6.04. The maximum absolute atomic E-state index is 12.6. The lowest BCUT2D eigenvalue weighted by Crippen LogP contribution is -2.34. The Bertz CT molecular complexity index is 953. The van der Waals surface area contributed by atoms with E-state index in [4.69, 9.17) is 22.7 Å². The van der Waals surface area contributed by atoms with Crippen molar-refractivity contribution in [2.75, 3.05) is 5.32 Å². The third-order valence-corrected chi connectivity index (χ3v) is 6.05. The highest BCUT2D eigenvalue weighted by Gasteiger charge is 2.27. The highest BCUT2D eigenvalue weighted by atomic mass is 32.1. The summed E-state index contributed by atoms with van der Waals surface area (Å²) >= 11 is 6.79. The molecule has 1 aromatic heterocycles. The van der Waals surface area contributed by atoms with Crippen LogP contribution in [0.25, 0.3) is 0 Å². The van der Waals surface area contributed by atoms with Crippen LogP contribution >= 0.6 is 23.6 Å². The van der Waals surface area contributed by atoms with Gasteiger partial charge >= 0.3 is 0 Å². The standard InChI is InChI=1S/C21H25N3O3S2/c1-11(2)27-14-6-4-5-13(10-14)19(26)23-21(28)24-20-17(18(22)25)15-8-7-12(3)9-16(15)29-20/h4-6,10-12H,7-9H2,1-3H3,(H2,22,25)(H2,23,24,26,28). The van der Waals surface area contributed by atoms with E-state index in [9.17, 15) is 9.59 Å². The molecule has 1 heterocycles. The molecular weight excluding hydrogens is 406 g/mol. The van der Waals surface area contributed by atoms with Crippen LogP contribution < -0.4 is 21.1 Å². The SMILES string of the molecule is CC1CCc2c(sc(NC(=S)NC(=O)c3cccc(OC(C)C)c3)c2C(N)=O)C1. The summed E-state index contributed by atoms with van der Waals surface area (Å²) in [4.78, 5) is 25.7. The van der Waals surface area contributed by atoms with Gasteiger partial charge in [-0.25, -0.2) is 0 Å². The number of hydrogen-bond donors (Lipinski definition) is 3. The number of fused-ring (bicyclic) bond motifs is 1. The predicted molar refractivity (Wildman–Crippen MR) is 120 cm³/mol. The molecule has 1 aliphatic carbocycles. The van der Waals surface area contributed by atoms with Crippen molar-refractivity contribution >= 4 is 45.5 Å². The molecule has 2 aromatic rings. The van der Waals surface area contributed by atoms with Crippen molar-refractivity contribution in [3.63, 3.8) is 0 Å². The second-order valence-electron chi connectivity index (χ2n) is 7.52. The van der Waals surface area contributed by atoms with Crippen LogP contribution in [-0.4, -0.2) is 23.0 Å². The summed E-state index contributed by atoms with van der Waals surface area (Å²) in [5.41, 5.74) is 7.55. The van der Waals surface area contributed by atoms with Crippen LogP contribution in [0, 0.1) is 5.92 Å². The number of rotatable bonds is 5. The van der Waals surface area contributed by atoms with E-state index in [-0.39, 0.29) is 17.1 Å². The van der Waals surface area contributed by atoms with Gasteiger partial charge in [0.25, 0.3) is 11.8 Å². The molecule has 3 rings (SSSR count). The van der Waals surface area contributed by atoms with Crippen molar-refractivity contribution in [1.29, 1.82) is 0 Å². The number of primary amides is 1. The topological polar surface area (TPSA) is 93.4 Å². The van der Waals surface area contributed by atoms with E-state index in [2.05, 4.69) is 17.6 Å². The zero-order chi connectivity index (χ0) is 21.1. The van der Waals surface area contributed by atoms with E-state index < -0.39 is 5.91 Å². The number of benzene rings is 1. The van der Waals surface area contributed by atoms with Crippen molar-refractivity contribution in [1.82, 2.24) is 5.32 Å². The molecule has 0 radical (unpaired) electrons. The fourth-order valence-electron chi connectivity index (χ4n) is 3.39. The van der Waals surface area contributed by atoms with E-state index in [1.807, 2.05) is 13.8 Å². The molecule has 1 atom stereocenters. The van der Waals surface area contributed by atoms with Gasteiger partial charge in [-0.1, -0.05) is 13.0 Å².